The molecule has 1 saturated heterocycles. The fraction of sp³-hybridized carbons (Fsp3) is 0.500. The van der Waals surface area contributed by atoms with E-state index in [0.29, 0.717) is 30.2 Å². The topological polar surface area (TPSA) is 80.2 Å². The van der Waals surface area contributed by atoms with Gasteiger partial charge in [0, 0.05) is 24.6 Å². The summed E-state index contributed by atoms with van der Waals surface area (Å²) in [5, 5.41) is 4.13. The summed E-state index contributed by atoms with van der Waals surface area (Å²) in [5.74, 6) is 1.02. The van der Waals surface area contributed by atoms with E-state index in [1.54, 1.807) is 38.2 Å². The first-order valence-corrected chi connectivity index (χ1v) is 8.38. The van der Waals surface area contributed by atoms with E-state index >= 15 is 0 Å². The molecule has 0 unspecified atom stereocenters. The molecule has 7 nitrogen and oxygen atoms in total. The van der Waals surface area contributed by atoms with Crippen LogP contribution in [-0.2, 0) is 9.59 Å². The highest BCUT2D eigenvalue weighted by Gasteiger charge is 2.19. The van der Waals surface area contributed by atoms with Crippen LogP contribution in [0.15, 0.2) is 23.3 Å². The third kappa shape index (κ3) is 5.20. The summed E-state index contributed by atoms with van der Waals surface area (Å²) in [4.78, 5) is 25.6. The van der Waals surface area contributed by atoms with Crippen molar-refractivity contribution in [3.63, 3.8) is 0 Å². The average molecular weight is 347 g/mol. The lowest BCUT2D eigenvalue weighted by molar-refractivity contribution is -0.135. The molecular weight excluding hydrogens is 322 g/mol. The van der Waals surface area contributed by atoms with Crippen molar-refractivity contribution in [2.24, 2.45) is 5.10 Å². The Labute approximate surface area is 148 Å². The first-order chi connectivity index (χ1) is 12.0. The Morgan fingerprint density at radius 2 is 2.04 bits per heavy atom. The minimum Gasteiger partial charge on any atom is -0.497 e. The SMILES string of the molecule is COc1ccc(/C(C)=N\NC(=O)CN2CCCCCC2=O)c(OC)c1. The maximum absolute atomic E-state index is 12.1. The van der Waals surface area contributed by atoms with Gasteiger partial charge in [0.25, 0.3) is 5.91 Å². The maximum atomic E-state index is 12.1. The van der Waals surface area contributed by atoms with Crippen LogP contribution in [0.2, 0.25) is 0 Å². The lowest BCUT2D eigenvalue weighted by atomic mass is 10.1. The zero-order chi connectivity index (χ0) is 18.2. The molecule has 0 saturated carbocycles. The molecule has 1 aliphatic heterocycles. The van der Waals surface area contributed by atoms with Gasteiger partial charge in [-0.2, -0.15) is 5.10 Å². The number of hydrogen-bond donors (Lipinski definition) is 1. The van der Waals surface area contributed by atoms with Crippen molar-refractivity contribution in [2.75, 3.05) is 27.3 Å². The number of likely N-dealkylation sites (tertiary alicyclic amines) is 1. The molecule has 0 bridgehead atoms. The largest absolute Gasteiger partial charge is 0.497 e. The number of carbonyl (C=O) groups excluding carboxylic acids is 2. The number of hydrazone groups is 1. The molecule has 0 radical (unpaired) electrons. The van der Waals surface area contributed by atoms with Gasteiger partial charge in [0.1, 0.15) is 18.0 Å². The van der Waals surface area contributed by atoms with E-state index in [-0.39, 0.29) is 18.4 Å². The number of carbonyl (C=O) groups is 2. The van der Waals surface area contributed by atoms with Crippen molar-refractivity contribution >= 4 is 17.5 Å². The van der Waals surface area contributed by atoms with Gasteiger partial charge < -0.3 is 14.4 Å². The summed E-state index contributed by atoms with van der Waals surface area (Å²) in [6.07, 6.45) is 3.37. The Morgan fingerprint density at radius 3 is 2.76 bits per heavy atom. The molecule has 1 aromatic rings. The first-order valence-electron chi connectivity index (χ1n) is 8.38. The number of rotatable bonds is 6. The van der Waals surface area contributed by atoms with Crippen LogP contribution >= 0.6 is 0 Å². The molecule has 1 aliphatic rings. The van der Waals surface area contributed by atoms with Crippen molar-refractivity contribution in [3.8, 4) is 11.5 Å². The normalized spacial score (nSPS) is 15.6. The van der Waals surface area contributed by atoms with Crippen LogP contribution in [-0.4, -0.2) is 49.7 Å². The van der Waals surface area contributed by atoms with Crippen LogP contribution < -0.4 is 14.9 Å². The molecule has 25 heavy (non-hydrogen) atoms. The molecule has 7 heteroatoms. The number of benzene rings is 1. The number of methoxy groups -OCH3 is 2. The van der Waals surface area contributed by atoms with Crippen molar-refractivity contribution in [1.29, 1.82) is 0 Å². The van der Waals surface area contributed by atoms with Gasteiger partial charge in [-0.25, -0.2) is 5.43 Å². The van der Waals surface area contributed by atoms with Crippen LogP contribution in [0.25, 0.3) is 0 Å². The number of nitrogens with one attached hydrogen (secondary N) is 1. The summed E-state index contributed by atoms with van der Waals surface area (Å²) >= 11 is 0. The van der Waals surface area contributed by atoms with Crippen molar-refractivity contribution in [2.45, 2.75) is 32.6 Å². The molecular formula is C18H25N3O4. The molecule has 0 spiro atoms. The molecule has 1 N–H and O–H groups in total. The van der Waals surface area contributed by atoms with Gasteiger partial charge in [0.2, 0.25) is 5.91 Å². The standard InChI is InChI=1S/C18H25N3O4/c1-13(15-9-8-14(24-2)11-16(15)25-3)19-20-17(22)12-21-10-6-4-5-7-18(21)23/h8-9,11H,4-7,10,12H2,1-3H3,(H,20,22)/b19-13-. The second kappa shape index (κ2) is 9.05. The quantitative estimate of drug-likeness (QED) is 0.630. The molecule has 1 heterocycles. The van der Waals surface area contributed by atoms with Gasteiger partial charge in [-0.3, -0.25) is 9.59 Å². The van der Waals surface area contributed by atoms with E-state index in [0.717, 1.165) is 24.8 Å². The molecule has 1 aromatic carbocycles. The zero-order valence-electron chi connectivity index (χ0n) is 15.0. The number of nitrogens with zero attached hydrogens (tertiary/aromatic N) is 2. The second-order valence-electron chi connectivity index (χ2n) is 5.92. The Morgan fingerprint density at radius 1 is 1.24 bits per heavy atom. The van der Waals surface area contributed by atoms with E-state index in [4.69, 9.17) is 9.47 Å². The molecule has 136 valence electrons. The van der Waals surface area contributed by atoms with Crippen LogP contribution in [0.1, 0.15) is 38.2 Å². The minimum atomic E-state index is -0.304. The lowest BCUT2D eigenvalue weighted by Gasteiger charge is -2.19. The monoisotopic (exact) mass is 347 g/mol. The molecule has 2 amide bonds. The van der Waals surface area contributed by atoms with Gasteiger partial charge >= 0.3 is 0 Å². The van der Waals surface area contributed by atoms with Crippen LogP contribution in [0.4, 0.5) is 0 Å². The minimum absolute atomic E-state index is 0.0326. The third-order valence-corrected chi connectivity index (χ3v) is 4.15. The van der Waals surface area contributed by atoms with Gasteiger partial charge in [0.15, 0.2) is 0 Å². The molecule has 1 fully saturated rings. The fourth-order valence-electron chi connectivity index (χ4n) is 2.72. The van der Waals surface area contributed by atoms with E-state index in [9.17, 15) is 9.59 Å². The van der Waals surface area contributed by atoms with E-state index in [1.807, 2.05) is 6.07 Å². The Kier molecular flexibility index (Phi) is 6.80. The van der Waals surface area contributed by atoms with E-state index in [1.165, 1.54) is 0 Å². The highest BCUT2D eigenvalue weighted by molar-refractivity contribution is 6.01. The highest BCUT2D eigenvalue weighted by atomic mass is 16.5. The summed E-state index contributed by atoms with van der Waals surface area (Å²) < 4.78 is 10.5. The number of amides is 2. The predicted molar refractivity (Wildman–Crippen MR) is 94.9 cm³/mol. The zero-order valence-corrected chi connectivity index (χ0v) is 15.0. The predicted octanol–water partition coefficient (Wildman–Crippen LogP) is 1.95. The van der Waals surface area contributed by atoms with Crippen LogP contribution in [0, 0.1) is 0 Å². The van der Waals surface area contributed by atoms with Gasteiger partial charge in [-0.15, -0.1) is 0 Å². The lowest BCUT2D eigenvalue weighted by Crippen LogP contribution is -2.39. The molecule has 0 aromatic heterocycles. The van der Waals surface area contributed by atoms with Crippen LogP contribution in [0.3, 0.4) is 0 Å². The summed E-state index contributed by atoms with van der Waals surface area (Å²) in [5.41, 5.74) is 3.88. The Balaban J connectivity index is 2.00. The maximum Gasteiger partial charge on any atom is 0.259 e. The van der Waals surface area contributed by atoms with Gasteiger partial charge in [0.05, 0.1) is 19.9 Å². The summed E-state index contributed by atoms with van der Waals surface area (Å²) in [6, 6.07) is 5.38. The number of ether oxygens (including phenoxy) is 2. The molecule has 0 aliphatic carbocycles. The summed E-state index contributed by atoms with van der Waals surface area (Å²) in [6.45, 7) is 2.44. The van der Waals surface area contributed by atoms with Gasteiger partial charge in [-0.1, -0.05) is 6.42 Å². The smallest absolute Gasteiger partial charge is 0.259 e. The Bertz CT molecular complexity index is 658. The highest BCUT2D eigenvalue weighted by Crippen LogP contribution is 2.25. The molecule has 0 atom stereocenters. The molecule has 2 rings (SSSR count). The van der Waals surface area contributed by atoms with E-state index in [2.05, 4.69) is 10.5 Å². The van der Waals surface area contributed by atoms with E-state index < -0.39 is 0 Å². The van der Waals surface area contributed by atoms with Crippen molar-refractivity contribution in [3.05, 3.63) is 23.8 Å². The average Bonchev–Trinajstić information content (AvgIpc) is 2.83. The van der Waals surface area contributed by atoms with Crippen molar-refractivity contribution < 1.29 is 19.1 Å². The Hall–Kier alpha value is -2.57. The number of hydrogen-bond acceptors (Lipinski definition) is 5. The van der Waals surface area contributed by atoms with Crippen LogP contribution in [0.5, 0.6) is 11.5 Å². The fourth-order valence-corrected chi connectivity index (χ4v) is 2.72. The second-order valence-corrected chi connectivity index (χ2v) is 5.92. The van der Waals surface area contributed by atoms with Crippen molar-refractivity contribution in [1.82, 2.24) is 10.3 Å². The first kappa shape index (κ1) is 18.8. The summed E-state index contributed by atoms with van der Waals surface area (Å²) in [7, 11) is 3.15. The third-order valence-electron chi connectivity index (χ3n) is 4.15. The van der Waals surface area contributed by atoms with Gasteiger partial charge in [-0.05, 0) is 31.9 Å².